The first kappa shape index (κ1) is 14.1. The van der Waals surface area contributed by atoms with Crippen LogP contribution in [-0.2, 0) is 14.3 Å². The number of carbonyl (C=O) groups is 2. The molecule has 3 aliphatic rings. The fraction of sp³-hybridized carbons (Fsp3) is 0.353. The number of hydrogen-bond acceptors (Lipinski definition) is 4. The highest BCUT2D eigenvalue weighted by atomic mass is 16.5. The number of anilines is 1. The molecule has 0 atom stereocenters. The van der Waals surface area contributed by atoms with Gasteiger partial charge in [-0.25, -0.2) is 0 Å². The number of nitrogens with zero attached hydrogens (tertiary/aromatic N) is 1. The molecule has 23 heavy (non-hydrogen) atoms. The van der Waals surface area contributed by atoms with E-state index >= 15 is 0 Å². The summed E-state index contributed by atoms with van der Waals surface area (Å²) in [4.78, 5) is 28.1. The number of ether oxygens (including phenoxy) is 1. The summed E-state index contributed by atoms with van der Waals surface area (Å²) in [6.07, 6.45) is 0.491. The third-order valence-electron chi connectivity index (χ3n) is 4.83. The first-order chi connectivity index (χ1) is 10.9. The van der Waals surface area contributed by atoms with Gasteiger partial charge in [0.05, 0.1) is 17.5 Å². The first-order valence-electron chi connectivity index (χ1n) is 7.49. The molecule has 1 aromatic heterocycles. The van der Waals surface area contributed by atoms with Crippen molar-refractivity contribution in [3.63, 3.8) is 0 Å². The molecule has 0 spiro atoms. The van der Waals surface area contributed by atoms with Crippen LogP contribution < -0.4 is 5.32 Å². The number of rotatable bonds is 3. The van der Waals surface area contributed by atoms with E-state index in [2.05, 4.69) is 10.3 Å². The quantitative estimate of drug-likeness (QED) is 0.906. The molecule has 1 amide bonds. The van der Waals surface area contributed by atoms with E-state index in [0.717, 1.165) is 16.6 Å². The number of aliphatic carboxylic acids is 1. The van der Waals surface area contributed by atoms with Crippen LogP contribution in [0.1, 0.15) is 18.5 Å². The Labute approximate surface area is 132 Å². The summed E-state index contributed by atoms with van der Waals surface area (Å²) in [6, 6.07) is 9.37. The second kappa shape index (κ2) is 4.52. The molecule has 3 heterocycles. The number of aryl methyl sites for hydroxylation is 1. The molecule has 0 radical (unpaired) electrons. The van der Waals surface area contributed by atoms with Crippen molar-refractivity contribution >= 4 is 28.5 Å². The van der Waals surface area contributed by atoms with Crippen molar-refractivity contribution in [2.75, 3.05) is 11.9 Å². The molecule has 3 fully saturated rings. The van der Waals surface area contributed by atoms with Crippen LogP contribution in [0.2, 0.25) is 0 Å². The third kappa shape index (κ3) is 2.02. The molecule has 2 aliphatic heterocycles. The Morgan fingerprint density at radius 1 is 1.26 bits per heavy atom. The van der Waals surface area contributed by atoms with Crippen LogP contribution in [0.3, 0.4) is 0 Å². The number of hydrogen-bond donors (Lipinski definition) is 2. The Hall–Kier alpha value is -2.47. The summed E-state index contributed by atoms with van der Waals surface area (Å²) in [5.74, 6) is -1.16. The van der Waals surface area contributed by atoms with Gasteiger partial charge in [-0.05, 0) is 31.2 Å². The van der Waals surface area contributed by atoms with Crippen LogP contribution in [-0.4, -0.2) is 34.2 Å². The van der Waals surface area contributed by atoms with Crippen LogP contribution in [0.4, 0.5) is 5.69 Å². The highest BCUT2D eigenvalue weighted by Gasteiger charge is 2.70. The number of benzene rings is 1. The second-order valence-corrected chi connectivity index (χ2v) is 6.54. The molecular weight excluding hydrogens is 296 g/mol. The van der Waals surface area contributed by atoms with E-state index in [1.807, 2.05) is 31.2 Å². The van der Waals surface area contributed by atoms with Crippen molar-refractivity contribution in [3.05, 3.63) is 36.0 Å². The molecule has 118 valence electrons. The number of fused-ring (bicyclic) bond motifs is 2. The molecule has 2 N–H and O–H groups in total. The zero-order valence-corrected chi connectivity index (χ0v) is 12.6. The van der Waals surface area contributed by atoms with E-state index in [4.69, 9.17) is 4.74 Å². The Bertz CT molecular complexity index is 840. The van der Waals surface area contributed by atoms with Gasteiger partial charge in [0.1, 0.15) is 5.60 Å². The monoisotopic (exact) mass is 312 g/mol. The molecule has 6 nitrogen and oxygen atoms in total. The van der Waals surface area contributed by atoms with E-state index < -0.39 is 17.0 Å². The largest absolute Gasteiger partial charge is 0.481 e. The third-order valence-corrected chi connectivity index (χ3v) is 4.83. The fourth-order valence-electron chi connectivity index (χ4n) is 3.51. The normalized spacial score (nSPS) is 28.4. The lowest BCUT2D eigenvalue weighted by molar-refractivity contribution is -0.156. The van der Waals surface area contributed by atoms with Crippen molar-refractivity contribution in [2.45, 2.75) is 25.4 Å². The van der Waals surface area contributed by atoms with Crippen molar-refractivity contribution in [3.8, 4) is 0 Å². The van der Waals surface area contributed by atoms with Crippen LogP contribution in [0.5, 0.6) is 0 Å². The van der Waals surface area contributed by atoms with Gasteiger partial charge >= 0.3 is 5.97 Å². The average molecular weight is 312 g/mol. The predicted molar refractivity (Wildman–Crippen MR) is 83.1 cm³/mol. The van der Waals surface area contributed by atoms with E-state index in [0.29, 0.717) is 5.69 Å². The van der Waals surface area contributed by atoms with E-state index in [1.165, 1.54) is 0 Å². The van der Waals surface area contributed by atoms with Crippen LogP contribution in [0.25, 0.3) is 10.9 Å². The smallest absolute Gasteiger partial charge is 0.312 e. The molecule has 5 rings (SSSR count). The summed E-state index contributed by atoms with van der Waals surface area (Å²) in [5, 5.41) is 13.0. The number of pyridine rings is 1. The summed E-state index contributed by atoms with van der Waals surface area (Å²) in [7, 11) is 0. The predicted octanol–water partition coefficient (Wildman–Crippen LogP) is 2.12. The highest BCUT2D eigenvalue weighted by Crippen LogP contribution is 2.58. The number of amides is 1. The lowest BCUT2D eigenvalue weighted by atomic mass is 9.62. The molecule has 1 saturated carbocycles. The van der Waals surface area contributed by atoms with Crippen LogP contribution in [0, 0.1) is 12.3 Å². The van der Waals surface area contributed by atoms with Crippen LogP contribution in [0.15, 0.2) is 30.3 Å². The summed E-state index contributed by atoms with van der Waals surface area (Å²) in [5.41, 5.74) is 0.603. The minimum absolute atomic E-state index is 0.108. The molecule has 1 aliphatic carbocycles. The summed E-state index contributed by atoms with van der Waals surface area (Å²) < 4.78 is 5.51. The van der Waals surface area contributed by atoms with Gasteiger partial charge in [-0.3, -0.25) is 14.6 Å². The maximum Gasteiger partial charge on any atom is 0.312 e. The van der Waals surface area contributed by atoms with Crippen molar-refractivity contribution in [1.82, 2.24) is 4.98 Å². The van der Waals surface area contributed by atoms with Gasteiger partial charge in [-0.2, -0.15) is 0 Å². The van der Waals surface area contributed by atoms with Gasteiger partial charge < -0.3 is 15.2 Å². The minimum Gasteiger partial charge on any atom is -0.481 e. The first-order valence-corrected chi connectivity index (χ1v) is 7.49. The van der Waals surface area contributed by atoms with Gasteiger partial charge in [0.25, 0.3) is 5.91 Å². The molecule has 6 heteroatoms. The zero-order valence-electron chi connectivity index (χ0n) is 12.6. The summed E-state index contributed by atoms with van der Waals surface area (Å²) in [6.45, 7) is 2.04. The molecule has 1 aromatic carbocycles. The fourth-order valence-corrected chi connectivity index (χ4v) is 3.51. The number of carboxylic acid groups (broad SMARTS) is 1. The molecular formula is C17H16N2O4. The molecule has 0 unspecified atom stereocenters. The Balaban J connectivity index is 1.54. The second-order valence-electron chi connectivity index (χ2n) is 6.54. The van der Waals surface area contributed by atoms with Gasteiger partial charge in [-0.15, -0.1) is 0 Å². The minimum atomic E-state index is -0.987. The molecule has 2 saturated heterocycles. The topological polar surface area (TPSA) is 88.5 Å². The SMILES string of the molecule is Cc1ccc2cc(NC(=O)C34CC(C(=O)O)(CO3)C4)ccc2n1. The lowest BCUT2D eigenvalue weighted by Crippen LogP contribution is -2.55. The van der Waals surface area contributed by atoms with Gasteiger partial charge in [0.2, 0.25) is 0 Å². The highest BCUT2D eigenvalue weighted by molar-refractivity contribution is 6.01. The van der Waals surface area contributed by atoms with Gasteiger partial charge in [0, 0.05) is 29.6 Å². The maximum atomic E-state index is 12.5. The number of carboxylic acids is 1. The van der Waals surface area contributed by atoms with Crippen molar-refractivity contribution < 1.29 is 19.4 Å². The Kier molecular flexibility index (Phi) is 2.78. The molecule has 2 aromatic rings. The number of nitrogens with one attached hydrogen (secondary N) is 1. The Morgan fingerprint density at radius 2 is 2.04 bits per heavy atom. The van der Waals surface area contributed by atoms with E-state index in [-0.39, 0.29) is 25.4 Å². The van der Waals surface area contributed by atoms with E-state index in [1.54, 1.807) is 6.07 Å². The van der Waals surface area contributed by atoms with Gasteiger partial charge in [-0.1, -0.05) is 6.07 Å². The standard InChI is InChI=1S/C17H16N2O4/c1-10-2-3-11-6-12(4-5-13(11)18-10)19-14(20)17-7-16(8-17,9-23-17)15(21)22/h2-6H,7-9H2,1H3,(H,19,20)(H,21,22). The van der Waals surface area contributed by atoms with Crippen LogP contribution >= 0.6 is 0 Å². The molecule has 2 bridgehead atoms. The maximum absolute atomic E-state index is 12.5. The van der Waals surface area contributed by atoms with Crippen molar-refractivity contribution in [1.29, 1.82) is 0 Å². The van der Waals surface area contributed by atoms with E-state index in [9.17, 15) is 14.7 Å². The van der Waals surface area contributed by atoms with Crippen molar-refractivity contribution in [2.24, 2.45) is 5.41 Å². The zero-order chi connectivity index (χ0) is 16.2. The average Bonchev–Trinajstić information content (AvgIpc) is 3.05. The Morgan fingerprint density at radius 3 is 2.74 bits per heavy atom. The lowest BCUT2D eigenvalue weighted by Gasteiger charge is -2.40. The summed E-state index contributed by atoms with van der Waals surface area (Å²) >= 11 is 0. The van der Waals surface area contributed by atoms with Gasteiger partial charge in [0.15, 0.2) is 0 Å². The number of aromatic nitrogens is 1. The number of carbonyl (C=O) groups excluding carboxylic acids is 1.